The number of hydrogen-bond acceptors (Lipinski definition) is 3. The summed E-state index contributed by atoms with van der Waals surface area (Å²) in [5.74, 6) is -1.01. The van der Waals surface area contributed by atoms with Gasteiger partial charge in [-0.3, -0.25) is 4.79 Å². The summed E-state index contributed by atoms with van der Waals surface area (Å²) < 4.78 is 15.2. The highest BCUT2D eigenvalue weighted by Crippen LogP contribution is 2.12. The van der Waals surface area contributed by atoms with Crippen molar-refractivity contribution in [3.63, 3.8) is 0 Å². The smallest absolute Gasteiger partial charge is 0.303 e. The Morgan fingerprint density at radius 2 is 1.69 bits per heavy atom. The van der Waals surface area contributed by atoms with E-state index in [2.05, 4.69) is 0 Å². The van der Waals surface area contributed by atoms with Crippen LogP contribution in [0.3, 0.4) is 0 Å². The van der Waals surface area contributed by atoms with Crippen LogP contribution in [0.5, 0.6) is 0 Å². The molecule has 0 aromatic rings. The van der Waals surface area contributed by atoms with Crippen molar-refractivity contribution in [2.45, 2.75) is 70.5 Å². The van der Waals surface area contributed by atoms with Gasteiger partial charge in [-0.05, 0) is 19.3 Å². The van der Waals surface area contributed by atoms with Crippen LogP contribution in [0.1, 0.15) is 61.0 Å². The number of aliphatic carboxylic acids is 1. The van der Waals surface area contributed by atoms with Gasteiger partial charge in [0, 0.05) is 6.42 Å². The number of carboxylic acids is 1. The van der Waals surface area contributed by atoms with E-state index in [9.17, 15) is 15.0 Å². The molecule has 0 aromatic heterocycles. The van der Waals surface area contributed by atoms with Crippen molar-refractivity contribution in [2.24, 2.45) is 0 Å². The quantitative estimate of drug-likeness (QED) is 0.505. The minimum absolute atomic E-state index is 0.0278. The summed E-state index contributed by atoms with van der Waals surface area (Å²) >= 11 is 0. The summed E-state index contributed by atoms with van der Waals surface area (Å²) in [6.07, 6.45) is -1.39. The fraction of sp³-hybridized carbons (Fsp3) is 0.917. The Balaban J connectivity index is 4.14. The number of unbranched alkanes of at least 4 members (excludes halogenated alkanes) is 3. The summed E-state index contributed by atoms with van der Waals surface area (Å²) in [6, 6.07) is 0. The molecule has 96 valence electrons. The second-order valence-electron chi connectivity index (χ2n) is 3.95. The first-order valence-electron chi connectivity index (χ1n) is 6.89. The molecule has 0 spiro atoms. The van der Waals surface area contributed by atoms with E-state index >= 15 is 0 Å². The lowest BCUT2D eigenvalue weighted by Gasteiger charge is -2.17. The lowest BCUT2D eigenvalue weighted by Crippen LogP contribution is -2.25. The van der Waals surface area contributed by atoms with Crippen LogP contribution in [0.15, 0.2) is 0 Å². The van der Waals surface area contributed by atoms with Crippen LogP contribution in [-0.4, -0.2) is 33.4 Å². The molecule has 4 nitrogen and oxygen atoms in total. The zero-order valence-electron chi connectivity index (χ0n) is 11.9. The highest BCUT2D eigenvalue weighted by molar-refractivity contribution is 5.66. The summed E-state index contributed by atoms with van der Waals surface area (Å²) in [5.41, 5.74) is 0. The van der Waals surface area contributed by atoms with Crippen molar-refractivity contribution in [3.05, 3.63) is 0 Å². The van der Waals surface area contributed by atoms with Gasteiger partial charge in [-0.1, -0.05) is 32.6 Å². The van der Waals surface area contributed by atoms with Gasteiger partial charge in [0.25, 0.3) is 0 Å². The monoisotopic (exact) mass is 234 g/mol. The Labute approximate surface area is 100 Å². The number of carbonyl (C=O) groups is 1. The van der Waals surface area contributed by atoms with E-state index in [1.54, 1.807) is 0 Å². The van der Waals surface area contributed by atoms with Gasteiger partial charge in [0.15, 0.2) is 0 Å². The van der Waals surface area contributed by atoms with Crippen LogP contribution in [0.25, 0.3) is 0 Å². The summed E-state index contributed by atoms with van der Waals surface area (Å²) in [5, 5.41) is 28.0. The van der Waals surface area contributed by atoms with Gasteiger partial charge in [-0.2, -0.15) is 0 Å². The van der Waals surface area contributed by atoms with Gasteiger partial charge in [-0.25, -0.2) is 0 Å². The van der Waals surface area contributed by atoms with Crippen molar-refractivity contribution in [3.8, 4) is 0 Å². The zero-order chi connectivity index (χ0) is 14.2. The molecule has 16 heavy (non-hydrogen) atoms. The highest BCUT2D eigenvalue weighted by Gasteiger charge is 2.15. The molecular formula is C12H24O4. The molecule has 0 aliphatic carbocycles. The molecule has 0 radical (unpaired) electrons. The second-order valence-corrected chi connectivity index (χ2v) is 3.95. The first kappa shape index (κ1) is 11.9. The Kier molecular flexibility index (Phi) is 7.12. The third-order valence-electron chi connectivity index (χ3n) is 2.40. The second kappa shape index (κ2) is 9.60. The summed E-state index contributed by atoms with van der Waals surface area (Å²) in [7, 11) is 0. The average Bonchev–Trinajstić information content (AvgIpc) is 2.23. The van der Waals surface area contributed by atoms with E-state index in [1.807, 2.05) is 6.92 Å². The number of hydrogen-bond donors (Lipinski definition) is 3. The fourth-order valence-corrected chi connectivity index (χ4v) is 1.41. The predicted molar refractivity (Wildman–Crippen MR) is 62.3 cm³/mol. The normalized spacial score (nSPS) is 20.4. The largest absolute Gasteiger partial charge is 0.481 e. The van der Waals surface area contributed by atoms with Gasteiger partial charge in [-0.15, -0.1) is 0 Å². The van der Waals surface area contributed by atoms with Crippen molar-refractivity contribution in [1.82, 2.24) is 0 Å². The lowest BCUT2D eigenvalue weighted by molar-refractivity contribution is -0.137. The predicted octanol–water partition coefficient (Wildman–Crippen LogP) is 1.93. The SMILES string of the molecule is [2H]C(O)(CCCCCC)C([2H])(O)CCCC(=O)O. The van der Waals surface area contributed by atoms with Crippen LogP contribution < -0.4 is 0 Å². The van der Waals surface area contributed by atoms with Gasteiger partial charge in [0.05, 0.1) is 14.9 Å². The molecule has 0 heterocycles. The van der Waals surface area contributed by atoms with E-state index in [4.69, 9.17) is 7.85 Å². The van der Waals surface area contributed by atoms with Crippen LogP contribution in [0.2, 0.25) is 0 Å². The Morgan fingerprint density at radius 1 is 1.12 bits per heavy atom. The van der Waals surface area contributed by atoms with E-state index in [0.717, 1.165) is 19.3 Å². The molecule has 0 fully saturated rings. The molecule has 0 saturated carbocycles. The van der Waals surface area contributed by atoms with Crippen molar-refractivity contribution in [1.29, 1.82) is 0 Å². The van der Waals surface area contributed by atoms with E-state index in [0.29, 0.717) is 6.42 Å². The molecule has 0 saturated heterocycles. The van der Waals surface area contributed by atoms with Crippen molar-refractivity contribution >= 4 is 5.97 Å². The van der Waals surface area contributed by atoms with E-state index < -0.39 is 18.1 Å². The minimum atomic E-state index is -2.31. The topological polar surface area (TPSA) is 77.8 Å². The van der Waals surface area contributed by atoms with Gasteiger partial charge >= 0.3 is 5.97 Å². The Morgan fingerprint density at radius 3 is 2.19 bits per heavy atom. The number of carboxylic acid groups (broad SMARTS) is 1. The molecule has 0 amide bonds. The standard InChI is InChI=1S/C12H24O4/c1-2-3-4-5-7-10(13)11(14)8-6-9-12(15)16/h10-11,13-14H,2-9H2,1H3,(H,15,16)/i10D,11D. The number of rotatable bonds is 10. The highest BCUT2D eigenvalue weighted by atomic mass is 16.4. The van der Waals surface area contributed by atoms with Crippen molar-refractivity contribution in [2.75, 3.05) is 0 Å². The Bertz CT molecular complexity index is 254. The maximum absolute atomic E-state index is 10.3. The summed E-state index contributed by atoms with van der Waals surface area (Å²) in [6.45, 7) is 2.04. The van der Waals surface area contributed by atoms with Gasteiger partial charge in [0.1, 0.15) is 0 Å². The number of aliphatic hydroxyl groups is 2. The molecule has 4 heteroatoms. The molecule has 2 unspecified atom stereocenters. The maximum Gasteiger partial charge on any atom is 0.303 e. The van der Waals surface area contributed by atoms with Crippen molar-refractivity contribution < 1.29 is 22.9 Å². The molecule has 0 aliphatic heterocycles. The molecule has 0 aliphatic rings. The molecule has 3 N–H and O–H groups in total. The average molecular weight is 234 g/mol. The molecule has 0 rings (SSSR count). The van der Waals surface area contributed by atoms with E-state index in [1.165, 1.54) is 0 Å². The van der Waals surface area contributed by atoms with Crippen LogP contribution >= 0.6 is 0 Å². The first-order chi connectivity index (χ1) is 8.23. The molecular weight excluding hydrogens is 208 g/mol. The maximum atomic E-state index is 10.3. The zero-order valence-corrected chi connectivity index (χ0v) is 9.91. The molecule has 0 aromatic carbocycles. The molecule has 2 atom stereocenters. The van der Waals surface area contributed by atoms with Crippen LogP contribution in [0.4, 0.5) is 0 Å². The summed E-state index contributed by atoms with van der Waals surface area (Å²) in [4.78, 5) is 10.3. The van der Waals surface area contributed by atoms with Gasteiger partial charge in [0.2, 0.25) is 0 Å². The third-order valence-corrected chi connectivity index (χ3v) is 2.40. The lowest BCUT2D eigenvalue weighted by atomic mass is 10.0. The van der Waals surface area contributed by atoms with Crippen LogP contribution in [0, 0.1) is 0 Å². The van der Waals surface area contributed by atoms with E-state index in [-0.39, 0.29) is 25.7 Å². The minimum Gasteiger partial charge on any atom is -0.481 e. The van der Waals surface area contributed by atoms with Crippen LogP contribution in [-0.2, 0) is 4.79 Å². The Hall–Kier alpha value is -0.610. The third kappa shape index (κ3) is 8.68. The first-order valence-corrected chi connectivity index (χ1v) is 5.89. The molecule has 0 bridgehead atoms. The van der Waals surface area contributed by atoms with Gasteiger partial charge < -0.3 is 15.3 Å². The fourth-order valence-electron chi connectivity index (χ4n) is 1.41.